The van der Waals surface area contributed by atoms with Crippen molar-refractivity contribution in [2.24, 2.45) is 28.6 Å². The molecule has 2 saturated heterocycles. The average molecular weight is 552 g/mol. The zero-order valence-electron chi connectivity index (χ0n) is 23.4. The minimum absolute atomic E-state index is 0.00784. The van der Waals surface area contributed by atoms with E-state index in [0.717, 1.165) is 35.4 Å². The van der Waals surface area contributed by atoms with Crippen LogP contribution >= 0.6 is 0 Å². The third-order valence-corrected chi connectivity index (χ3v) is 12.0. The van der Waals surface area contributed by atoms with Crippen LogP contribution in [0.5, 0.6) is 0 Å². The first-order valence-corrected chi connectivity index (χ1v) is 14.6. The van der Waals surface area contributed by atoms with E-state index >= 15 is 4.39 Å². The van der Waals surface area contributed by atoms with E-state index in [0.29, 0.717) is 18.5 Å². The van der Waals surface area contributed by atoms with Gasteiger partial charge in [-0.3, -0.25) is 0 Å². The normalized spacial score (nSPS) is 47.2. The van der Waals surface area contributed by atoms with E-state index < -0.39 is 34.0 Å². The summed E-state index contributed by atoms with van der Waals surface area (Å²) in [6.45, 7) is 6.91. The molecule has 6 aliphatic rings. The number of nitrogen functional groups attached to an aromatic ring is 1. The summed E-state index contributed by atoms with van der Waals surface area (Å²) in [4.78, 5) is 0. The van der Waals surface area contributed by atoms with Crippen molar-refractivity contribution in [2.75, 3.05) is 25.9 Å². The lowest BCUT2D eigenvalue weighted by Crippen LogP contribution is -2.72. The molecule has 40 heavy (non-hydrogen) atoms. The Bertz CT molecular complexity index is 1420. The SMILES string of the molecule is C[C@H]1C[C@H]2[C@@H]3CCC4=Cc5c(cnn5-c5cccc(N)c5)C[C@]4(C)[C@@]3(F)[C@@H](O)C[C@]2(C)[C@]12OCOC21COCO1. The highest BCUT2D eigenvalue weighted by Gasteiger charge is 2.81. The number of allylic oxidation sites excluding steroid dienone is 1. The van der Waals surface area contributed by atoms with Crippen molar-refractivity contribution in [3.8, 4) is 5.69 Å². The number of fused-ring (bicyclic) bond motifs is 8. The summed E-state index contributed by atoms with van der Waals surface area (Å²) >= 11 is 0. The lowest BCUT2D eigenvalue weighted by atomic mass is 9.43. The summed E-state index contributed by atoms with van der Waals surface area (Å²) in [5, 5.41) is 16.7. The standard InChI is InChI=1S/C31H38FN3O5/c1-18-9-24-23-8-7-20-10-25-19(14-34-35(25)22-6-4-5-21(33)11-22)12-27(20,2)30(23,32)26(36)13-28(24,3)31(18)29(39-17-40-31)15-37-16-38-29/h4-6,10-11,14,18,23-24,26,36H,7-9,12-13,15-17,33H2,1-3H3/t18-,23-,24-,26-,27-,28-,29?,30-,31+/m0/s1. The molecule has 2 spiro atoms. The first-order chi connectivity index (χ1) is 19.1. The van der Waals surface area contributed by atoms with Crippen LogP contribution in [0.3, 0.4) is 0 Å². The first kappa shape index (κ1) is 25.4. The van der Waals surface area contributed by atoms with Gasteiger partial charge in [0, 0.05) is 22.4 Å². The number of nitrogens with two attached hydrogens (primary N) is 1. The quantitative estimate of drug-likeness (QED) is 0.507. The van der Waals surface area contributed by atoms with Crippen LogP contribution in [0.2, 0.25) is 0 Å². The highest BCUT2D eigenvalue weighted by molar-refractivity contribution is 5.63. The minimum atomic E-state index is -1.79. The second-order valence-electron chi connectivity index (χ2n) is 13.5. The lowest BCUT2D eigenvalue weighted by Gasteiger charge is -2.64. The van der Waals surface area contributed by atoms with Gasteiger partial charge < -0.3 is 29.8 Å². The Kier molecular flexibility index (Phi) is 5.05. The number of anilines is 1. The van der Waals surface area contributed by atoms with Crippen LogP contribution in [0.4, 0.5) is 10.1 Å². The number of aliphatic hydroxyl groups is 1. The highest BCUT2D eigenvalue weighted by atomic mass is 19.1. The Balaban J connectivity index is 1.20. The molecule has 3 heterocycles. The molecule has 1 aromatic heterocycles. The number of benzene rings is 1. The topological polar surface area (TPSA) is 101 Å². The van der Waals surface area contributed by atoms with Crippen molar-refractivity contribution in [3.63, 3.8) is 0 Å². The molecular weight excluding hydrogens is 513 g/mol. The van der Waals surface area contributed by atoms with Crippen molar-refractivity contribution >= 4 is 11.8 Å². The first-order valence-electron chi connectivity index (χ1n) is 14.6. The Hall–Kier alpha value is -2.30. The third-order valence-electron chi connectivity index (χ3n) is 12.0. The Morgan fingerprint density at radius 3 is 2.75 bits per heavy atom. The molecule has 1 unspecified atom stereocenters. The summed E-state index contributed by atoms with van der Waals surface area (Å²) in [6, 6.07) is 7.65. The smallest absolute Gasteiger partial charge is 0.227 e. The van der Waals surface area contributed by atoms with Gasteiger partial charge in [-0.15, -0.1) is 0 Å². The molecule has 0 amide bonds. The summed E-state index contributed by atoms with van der Waals surface area (Å²) in [5.41, 5.74) is 6.65. The molecule has 8 rings (SSSR count). The Morgan fingerprint density at radius 1 is 1.15 bits per heavy atom. The van der Waals surface area contributed by atoms with Crippen molar-refractivity contribution in [2.45, 2.75) is 76.0 Å². The second-order valence-corrected chi connectivity index (χ2v) is 13.5. The van der Waals surface area contributed by atoms with E-state index in [2.05, 4.69) is 25.0 Å². The van der Waals surface area contributed by atoms with Gasteiger partial charge in [-0.05, 0) is 73.8 Å². The number of ether oxygens (including phenoxy) is 4. The molecule has 2 aliphatic heterocycles. The molecule has 2 aromatic rings. The van der Waals surface area contributed by atoms with Gasteiger partial charge >= 0.3 is 0 Å². The largest absolute Gasteiger partial charge is 0.399 e. The maximum Gasteiger partial charge on any atom is 0.227 e. The summed E-state index contributed by atoms with van der Waals surface area (Å²) in [5.74, 6) is -1.28. The number of nitrogens with zero attached hydrogens (tertiary/aromatic N) is 2. The molecular formula is C31H38FN3O5. The van der Waals surface area contributed by atoms with Gasteiger partial charge in [0.25, 0.3) is 0 Å². The number of rotatable bonds is 1. The van der Waals surface area contributed by atoms with Gasteiger partial charge in [0.05, 0.1) is 23.7 Å². The molecule has 5 fully saturated rings. The fourth-order valence-electron chi connectivity index (χ4n) is 10.4. The molecule has 214 valence electrons. The average Bonchev–Trinajstić information content (AvgIpc) is 3.69. The zero-order chi connectivity index (χ0) is 27.7. The van der Waals surface area contributed by atoms with Gasteiger partial charge in [0.2, 0.25) is 5.79 Å². The molecule has 4 aliphatic carbocycles. The molecule has 9 heteroatoms. The molecule has 0 radical (unpaired) electrons. The minimum Gasteiger partial charge on any atom is -0.399 e. The Labute approximate surface area is 233 Å². The lowest BCUT2D eigenvalue weighted by molar-refractivity contribution is -0.279. The van der Waals surface area contributed by atoms with Gasteiger partial charge in [0.15, 0.2) is 13.6 Å². The number of hydrogen-bond donors (Lipinski definition) is 2. The van der Waals surface area contributed by atoms with E-state index in [1.165, 1.54) is 0 Å². The van der Waals surface area contributed by atoms with Crippen molar-refractivity contribution in [1.29, 1.82) is 0 Å². The summed E-state index contributed by atoms with van der Waals surface area (Å²) in [6.07, 6.45) is 5.82. The van der Waals surface area contributed by atoms with Crippen molar-refractivity contribution in [1.82, 2.24) is 9.78 Å². The predicted molar refractivity (Wildman–Crippen MR) is 145 cm³/mol. The van der Waals surface area contributed by atoms with Crippen LogP contribution in [0, 0.1) is 28.6 Å². The van der Waals surface area contributed by atoms with E-state index in [1.54, 1.807) is 0 Å². The second kappa shape index (κ2) is 7.95. The van der Waals surface area contributed by atoms with Gasteiger partial charge in [0.1, 0.15) is 17.9 Å². The van der Waals surface area contributed by atoms with E-state index in [1.807, 2.05) is 42.1 Å². The molecule has 1 aromatic carbocycles. The third kappa shape index (κ3) is 2.72. The number of hydrogen-bond acceptors (Lipinski definition) is 7. The number of aromatic nitrogens is 2. The van der Waals surface area contributed by atoms with Crippen LogP contribution in [-0.2, 0) is 25.4 Å². The molecule has 3 N–H and O–H groups in total. The van der Waals surface area contributed by atoms with Crippen LogP contribution in [0.25, 0.3) is 11.8 Å². The number of aliphatic hydroxyl groups excluding tert-OH is 1. The summed E-state index contributed by atoms with van der Waals surface area (Å²) < 4.78 is 44.5. The molecule has 3 saturated carbocycles. The number of halogens is 1. The van der Waals surface area contributed by atoms with Gasteiger partial charge in [-0.25, -0.2) is 9.07 Å². The zero-order valence-corrected chi connectivity index (χ0v) is 23.4. The monoisotopic (exact) mass is 551 g/mol. The Morgan fingerprint density at radius 2 is 1.98 bits per heavy atom. The molecule has 9 atom stereocenters. The van der Waals surface area contributed by atoms with Crippen LogP contribution < -0.4 is 5.73 Å². The maximum atomic E-state index is 18.1. The van der Waals surface area contributed by atoms with Crippen molar-refractivity contribution < 1.29 is 28.4 Å². The maximum absolute atomic E-state index is 18.1. The summed E-state index contributed by atoms with van der Waals surface area (Å²) in [7, 11) is 0. The van der Waals surface area contributed by atoms with Gasteiger partial charge in [-0.2, -0.15) is 5.10 Å². The van der Waals surface area contributed by atoms with Crippen LogP contribution in [-0.4, -0.2) is 58.2 Å². The van der Waals surface area contributed by atoms with Gasteiger partial charge in [-0.1, -0.05) is 32.4 Å². The highest BCUT2D eigenvalue weighted by Crippen LogP contribution is 2.74. The predicted octanol–water partition coefficient (Wildman–Crippen LogP) is 4.39. The molecule has 8 nitrogen and oxygen atoms in total. The fourth-order valence-corrected chi connectivity index (χ4v) is 10.4. The van der Waals surface area contributed by atoms with Crippen LogP contribution in [0.1, 0.15) is 57.7 Å². The van der Waals surface area contributed by atoms with Crippen LogP contribution in [0.15, 0.2) is 36.0 Å². The van der Waals surface area contributed by atoms with Crippen molar-refractivity contribution in [3.05, 3.63) is 47.3 Å². The fraction of sp³-hybridized carbons (Fsp3) is 0.645. The van der Waals surface area contributed by atoms with E-state index in [9.17, 15) is 5.11 Å². The van der Waals surface area contributed by atoms with E-state index in [-0.39, 0.29) is 44.4 Å². The number of alkyl halides is 1. The van der Waals surface area contributed by atoms with E-state index in [4.69, 9.17) is 24.7 Å². The molecule has 0 bridgehead atoms.